The van der Waals surface area contributed by atoms with E-state index in [1.807, 2.05) is 6.07 Å². The SMILES string of the molecule is Clc1cc(CN2CCC3(CCNC3)C2)cc2c1OCCCO2. The van der Waals surface area contributed by atoms with Crippen LogP contribution in [-0.4, -0.2) is 44.3 Å². The molecule has 0 bridgehead atoms. The van der Waals surface area contributed by atoms with Gasteiger partial charge in [0.1, 0.15) is 0 Å². The highest BCUT2D eigenvalue weighted by atomic mass is 35.5. The summed E-state index contributed by atoms with van der Waals surface area (Å²) in [6.45, 7) is 7.02. The van der Waals surface area contributed by atoms with E-state index in [2.05, 4.69) is 16.3 Å². The highest BCUT2D eigenvalue weighted by molar-refractivity contribution is 6.32. The summed E-state index contributed by atoms with van der Waals surface area (Å²) in [5.74, 6) is 1.51. The fourth-order valence-electron chi connectivity index (χ4n) is 3.94. The van der Waals surface area contributed by atoms with Crippen molar-refractivity contribution in [2.24, 2.45) is 5.41 Å². The van der Waals surface area contributed by atoms with Crippen molar-refractivity contribution < 1.29 is 9.47 Å². The molecule has 3 aliphatic rings. The van der Waals surface area contributed by atoms with Crippen molar-refractivity contribution in [3.63, 3.8) is 0 Å². The van der Waals surface area contributed by atoms with E-state index in [0.29, 0.717) is 29.4 Å². The second-order valence-corrected chi connectivity index (χ2v) is 7.25. The Labute approximate surface area is 136 Å². The number of benzene rings is 1. The summed E-state index contributed by atoms with van der Waals surface area (Å²) in [5, 5.41) is 4.18. The highest BCUT2D eigenvalue weighted by Crippen LogP contribution is 2.40. The first kappa shape index (κ1) is 14.6. The molecule has 0 amide bonds. The topological polar surface area (TPSA) is 33.7 Å². The molecule has 1 unspecified atom stereocenters. The summed E-state index contributed by atoms with van der Waals surface area (Å²) in [6, 6.07) is 4.14. The van der Waals surface area contributed by atoms with Crippen LogP contribution >= 0.6 is 11.6 Å². The van der Waals surface area contributed by atoms with E-state index >= 15 is 0 Å². The Kier molecular flexibility index (Phi) is 3.93. The Bertz CT molecular complexity index is 558. The zero-order valence-electron chi connectivity index (χ0n) is 12.9. The van der Waals surface area contributed by atoms with Gasteiger partial charge in [-0.25, -0.2) is 0 Å². The third kappa shape index (κ3) is 2.80. The lowest BCUT2D eigenvalue weighted by Gasteiger charge is -2.23. The Morgan fingerprint density at radius 1 is 1.23 bits per heavy atom. The first-order valence-electron chi connectivity index (χ1n) is 8.25. The number of rotatable bonds is 2. The predicted molar refractivity (Wildman–Crippen MR) is 86.9 cm³/mol. The van der Waals surface area contributed by atoms with Gasteiger partial charge in [-0.1, -0.05) is 11.6 Å². The monoisotopic (exact) mass is 322 g/mol. The summed E-state index contributed by atoms with van der Waals surface area (Å²) in [7, 11) is 0. The van der Waals surface area contributed by atoms with Crippen LogP contribution in [0.3, 0.4) is 0 Å². The third-order valence-corrected chi connectivity index (χ3v) is 5.40. The van der Waals surface area contributed by atoms with Gasteiger partial charge in [-0.2, -0.15) is 0 Å². The largest absolute Gasteiger partial charge is 0.489 e. The minimum Gasteiger partial charge on any atom is -0.489 e. The molecule has 3 aliphatic heterocycles. The van der Waals surface area contributed by atoms with Crippen LogP contribution < -0.4 is 14.8 Å². The number of hydrogen-bond donors (Lipinski definition) is 1. The zero-order valence-corrected chi connectivity index (χ0v) is 13.6. The van der Waals surface area contributed by atoms with E-state index in [1.165, 1.54) is 44.6 Å². The summed E-state index contributed by atoms with van der Waals surface area (Å²) >= 11 is 6.39. The van der Waals surface area contributed by atoms with E-state index in [-0.39, 0.29) is 0 Å². The van der Waals surface area contributed by atoms with Gasteiger partial charge in [-0.3, -0.25) is 4.90 Å². The van der Waals surface area contributed by atoms with Gasteiger partial charge in [0.05, 0.1) is 18.2 Å². The molecule has 1 N–H and O–H groups in total. The maximum Gasteiger partial charge on any atom is 0.179 e. The lowest BCUT2D eigenvalue weighted by Crippen LogP contribution is -2.28. The van der Waals surface area contributed by atoms with Crippen molar-refractivity contribution in [1.82, 2.24) is 10.2 Å². The number of hydrogen-bond acceptors (Lipinski definition) is 4. The van der Waals surface area contributed by atoms with Crippen LogP contribution in [0.5, 0.6) is 11.5 Å². The third-order valence-electron chi connectivity index (χ3n) is 5.12. The van der Waals surface area contributed by atoms with E-state index in [9.17, 15) is 0 Å². The van der Waals surface area contributed by atoms with Crippen LogP contribution in [0.25, 0.3) is 0 Å². The fourth-order valence-corrected chi connectivity index (χ4v) is 4.23. The van der Waals surface area contributed by atoms with Gasteiger partial charge < -0.3 is 14.8 Å². The molecule has 1 aromatic rings. The van der Waals surface area contributed by atoms with Crippen LogP contribution in [0, 0.1) is 5.41 Å². The summed E-state index contributed by atoms with van der Waals surface area (Å²) < 4.78 is 11.5. The van der Waals surface area contributed by atoms with Crippen LogP contribution in [0.4, 0.5) is 0 Å². The van der Waals surface area contributed by atoms with E-state index in [4.69, 9.17) is 21.1 Å². The van der Waals surface area contributed by atoms with E-state index in [1.54, 1.807) is 0 Å². The van der Waals surface area contributed by atoms with Crippen molar-refractivity contribution in [2.75, 3.05) is 39.4 Å². The average molecular weight is 323 g/mol. The average Bonchev–Trinajstić information content (AvgIpc) is 3.04. The van der Waals surface area contributed by atoms with Crippen LogP contribution in [-0.2, 0) is 6.54 Å². The number of ether oxygens (including phenoxy) is 2. The van der Waals surface area contributed by atoms with Gasteiger partial charge >= 0.3 is 0 Å². The lowest BCUT2D eigenvalue weighted by molar-refractivity contribution is 0.268. The van der Waals surface area contributed by atoms with E-state index < -0.39 is 0 Å². The molecule has 5 heteroatoms. The summed E-state index contributed by atoms with van der Waals surface area (Å²) in [6.07, 6.45) is 3.52. The van der Waals surface area contributed by atoms with Gasteiger partial charge in [0.15, 0.2) is 11.5 Å². The molecule has 0 saturated carbocycles. The summed E-state index contributed by atoms with van der Waals surface area (Å²) in [5.41, 5.74) is 1.73. The normalized spacial score (nSPS) is 28.2. The molecule has 0 radical (unpaired) electrons. The number of nitrogens with one attached hydrogen (secondary N) is 1. The van der Waals surface area contributed by atoms with Gasteiger partial charge in [-0.15, -0.1) is 0 Å². The van der Waals surface area contributed by atoms with Crippen molar-refractivity contribution in [2.45, 2.75) is 25.8 Å². The number of nitrogens with zero attached hydrogens (tertiary/aromatic N) is 1. The summed E-state index contributed by atoms with van der Waals surface area (Å²) in [4.78, 5) is 2.54. The Balaban J connectivity index is 1.49. The molecule has 4 nitrogen and oxygen atoms in total. The maximum absolute atomic E-state index is 6.39. The standard InChI is InChI=1S/C17H23ClN2O2/c18-14-8-13(9-15-16(14)22-7-1-6-21-15)10-20-5-3-17(12-20)2-4-19-11-17/h8-9,19H,1-7,10-12H2. The van der Waals surface area contributed by atoms with E-state index in [0.717, 1.165) is 18.7 Å². The zero-order chi connectivity index (χ0) is 15.0. The number of halogens is 1. The van der Waals surface area contributed by atoms with Crippen LogP contribution in [0.1, 0.15) is 24.8 Å². The quantitative estimate of drug-likeness (QED) is 0.907. The number of likely N-dealkylation sites (tertiary alicyclic amines) is 1. The molecule has 1 spiro atoms. The highest BCUT2D eigenvalue weighted by Gasteiger charge is 2.40. The van der Waals surface area contributed by atoms with Crippen molar-refractivity contribution in [3.8, 4) is 11.5 Å². The molecule has 1 aromatic carbocycles. The van der Waals surface area contributed by atoms with Crippen LogP contribution in [0.15, 0.2) is 12.1 Å². The molecule has 3 heterocycles. The molecular formula is C17H23ClN2O2. The second-order valence-electron chi connectivity index (χ2n) is 6.84. The Hall–Kier alpha value is -0.970. The second kappa shape index (κ2) is 5.91. The Morgan fingerprint density at radius 3 is 3.00 bits per heavy atom. The minimum atomic E-state index is 0.509. The van der Waals surface area contributed by atoms with Crippen molar-refractivity contribution in [1.29, 1.82) is 0 Å². The molecule has 0 aliphatic carbocycles. The maximum atomic E-state index is 6.39. The number of fused-ring (bicyclic) bond motifs is 1. The predicted octanol–water partition coefficient (Wildman–Crippen LogP) is 2.69. The first-order valence-corrected chi connectivity index (χ1v) is 8.63. The Morgan fingerprint density at radius 2 is 2.14 bits per heavy atom. The van der Waals surface area contributed by atoms with Crippen molar-refractivity contribution in [3.05, 3.63) is 22.7 Å². The molecule has 22 heavy (non-hydrogen) atoms. The van der Waals surface area contributed by atoms with Gasteiger partial charge in [0.2, 0.25) is 0 Å². The van der Waals surface area contributed by atoms with Gasteiger partial charge in [-0.05, 0) is 49.0 Å². The molecule has 0 aromatic heterocycles. The molecule has 2 saturated heterocycles. The molecule has 1 atom stereocenters. The molecule has 120 valence electrons. The molecule has 2 fully saturated rings. The lowest BCUT2D eigenvalue weighted by atomic mass is 9.86. The first-order chi connectivity index (χ1) is 10.7. The minimum absolute atomic E-state index is 0.509. The van der Waals surface area contributed by atoms with Gasteiger partial charge in [0, 0.05) is 26.1 Å². The smallest absolute Gasteiger partial charge is 0.179 e. The van der Waals surface area contributed by atoms with Gasteiger partial charge in [0.25, 0.3) is 0 Å². The van der Waals surface area contributed by atoms with Crippen molar-refractivity contribution >= 4 is 11.6 Å². The molecular weight excluding hydrogens is 300 g/mol. The fraction of sp³-hybridized carbons (Fsp3) is 0.647. The molecule has 4 rings (SSSR count). The van der Waals surface area contributed by atoms with Crippen LogP contribution in [0.2, 0.25) is 5.02 Å².